The third-order valence-electron chi connectivity index (χ3n) is 8.97. The van der Waals surface area contributed by atoms with Crippen molar-refractivity contribution in [2.24, 2.45) is 0 Å². The van der Waals surface area contributed by atoms with Crippen LogP contribution >= 0.6 is 0 Å². The SMILES string of the molecule is Cc1c(-c2cc3cc(N4C(=O)c5ccccc5C4=O)ncc3c(NC(=O)OC(C)(C)C)c2F)cnc2c1N(C(=O)OC(C)(C)C)C1CCC21. The van der Waals surface area contributed by atoms with Gasteiger partial charge in [-0.15, -0.1) is 0 Å². The van der Waals surface area contributed by atoms with Crippen molar-refractivity contribution < 1.29 is 33.0 Å². The van der Waals surface area contributed by atoms with Gasteiger partial charge in [0.15, 0.2) is 5.82 Å². The number of fused-ring (bicyclic) bond motifs is 5. The van der Waals surface area contributed by atoms with Crippen LogP contribution in [0.4, 0.5) is 31.2 Å². The number of anilines is 3. The molecule has 0 spiro atoms. The molecule has 4 amide bonds. The van der Waals surface area contributed by atoms with Gasteiger partial charge in [0, 0.05) is 40.9 Å². The molecule has 2 atom stereocenters. The van der Waals surface area contributed by atoms with Gasteiger partial charge in [0.05, 0.1) is 28.2 Å². The van der Waals surface area contributed by atoms with E-state index in [1.165, 1.54) is 12.3 Å². The minimum Gasteiger partial charge on any atom is -0.444 e. The number of hydrogen-bond donors (Lipinski definition) is 1. The Morgan fingerprint density at radius 3 is 2.12 bits per heavy atom. The first-order chi connectivity index (χ1) is 23.0. The van der Waals surface area contributed by atoms with E-state index < -0.39 is 41.0 Å². The fourth-order valence-electron chi connectivity index (χ4n) is 6.78. The summed E-state index contributed by atoms with van der Waals surface area (Å²) in [6, 6.07) is 9.45. The van der Waals surface area contributed by atoms with Gasteiger partial charge in [0.2, 0.25) is 0 Å². The van der Waals surface area contributed by atoms with E-state index >= 15 is 4.39 Å². The number of imide groups is 1. The number of pyridine rings is 2. The molecule has 49 heavy (non-hydrogen) atoms. The first-order valence-corrected chi connectivity index (χ1v) is 16.2. The third-order valence-corrected chi connectivity index (χ3v) is 8.97. The number of ether oxygens (including phenoxy) is 2. The van der Waals surface area contributed by atoms with Crippen LogP contribution in [0.25, 0.3) is 21.9 Å². The molecule has 4 aromatic rings. The maximum Gasteiger partial charge on any atom is 0.415 e. The number of carbonyl (C=O) groups is 4. The molecule has 1 fully saturated rings. The van der Waals surface area contributed by atoms with Crippen LogP contribution in [0.15, 0.2) is 48.8 Å². The van der Waals surface area contributed by atoms with Crippen molar-refractivity contribution in [2.75, 3.05) is 15.1 Å². The zero-order chi connectivity index (χ0) is 35.2. The van der Waals surface area contributed by atoms with E-state index in [0.717, 1.165) is 23.4 Å². The lowest BCUT2D eigenvalue weighted by molar-refractivity contribution is 0.0549. The Labute approximate surface area is 282 Å². The van der Waals surface area contributed by atoms with Crippen molar-refractivity contribution in [1.82, 2.24) is 9.97 Å². The summed E-state index contributed by atoms with van der Waals surface area (Å²) in [5.41, 5.74) is 1.14. The van der Waals surface area contributed by atoms with Crippen molar-refractivity contribution in [3.63, 3.8) is 0 Å². The highest BCUT2D eigenvalue weighted by Gasteiger charge is 2.50. The van der Waals surface area contributed by atoms with Gasteiger partial charge in [-0.25, -0.2) is 23.9 Å². The van der Waals surface area contributed by atoms with Gasteiger partial charge in [-0.2, -0.15) is 0 Å². The van der Waals surface area contributed by atoms with Crippen LogP contribution in [0.1, 0.15) is 92.3 Å². The van der Waals surface area contributed by atoms with Crippen molar-refractivity contribution in [3.05, 3.63) is 77.0 Å². The molecule has 0 bridgehead atoms. The Kier molecular flexibility index (Phi) is 7.27. The summed E-state index contributed by atoms with van der Waals surface area (Å²) in [6.45, 7) is 12.3. The molecule has 2 unspecified atom stereocenters. The molecule has 3 aliphatic rings. The minimum absolute atomic E-state index is 0.0379. The molecule has 12 heteroatoms. The molecular weight excluding hydrogens is 629 g/mol. The average molecular weight is 666 g/mol. The average Bonchev–Trinajstić information content (AvgIpc) is 3.38. The zero-order valence-electron chi connectivity index (χ0n) is 28.3. The van der Waals surface area contributed by atoms with E-state index in [9.17, 15) is 19.2 Å². The highest BCUT2D eigenvalue weighted by Crippen LogP contribution is 2.54. The van der Waals surface area contributed by atoms with E-state index in [-0.39, 0.29) is 45.5 Å². The summed E-state index contributed by atoms with van der Waals surface area (Å²) in [6.07, 6.45) is 3.16. The first kappa shape index (κ1) is 32.2. The summed E-state index contributed by atoms with van der Waals surface area (Å²) in [5.74, 6) is -1.75. The van der Waals surface area contributed by atoms with E-state index in [0.29, 0.717) is 22.2 Å². The lowest BCUT2D eigenvalue weighted by Gasteiger charge is -2.36. The Morgan fingerprint density at radius 2 is 1.53 bits per heavy atom. The molecule has 11 nitrogen and oxygen atoms in total. The quantitative estimate of drug-likeness (QED) is 0.219. The second-order valence-electron chi connectivity index (χ2n) is 14.6. The van der Waals surface area contributed by atoms with Crippen LogP contribution in [-0.2, 0) is 9.47 Å². The minimum atomic E-state index is -0.884. The van der Waals surface area contributed by atoms with E-state index in [2.05, 4.69) is 10.3 Å². The lowest BCUT2D eigenvalue weighted by Crippen LogP contribution is -2.46. The number of amides is 4. The highest BCUT2D eigenvalue weighted by molar-refractivity contribution is 6.34. The van der Waals surface area contributed by atoms with Gasteiger partial charge >= 0.3 is 12.2 Å². The number of nitrogens with one attached hydrogen (secondary N) is 1. The first-order valence-electron chi connectivity index (χ1n) is 16.2. The van der Waals surface area contributed by atoms with Crippen LogP contribution in [0.2, 0.25) is 0 Å². The summed E-state index contributed by atoms with van der Waals surface area (Å²) in [4.78, 5) is 64.8. The molecule has 0 radical (unpaired) electrons. The Balaban J connectivity index is 1.39. The molecular formula is C37H36FN5O6. The summed E-state index contributed by atoms with van der Waals surface area (Å²) in [5, 5.41) is 3.16. The van der Waals surface area contributed by atoms with Crippen LogP contribution in [0.3, 0.4) is 0 Å². The van der Waals surface area contributed by atoms with Gasteiger partial charge in [-0.3, -0.25) is 24.8 Å². The number of nitrogens with zero attached hydrogens (tertiary/aromatic N) is 4. The van der Waals surface area contributed by atoms with E-state index in [4.69, 9.17) is 14.5 Å². The molecule has 1 aliphatic carbocycles. The van der Waals surface area contributed by atoms with Crippen LogP contribution in [-0.4, -0.2) is 51.2 Å². The number of rotatable bonds is 3. The lowest BCUT2D eigenvalue weighted by atomic mass is 9.79. The molecule has 4 heterocycles. The van der Waals surface area contributed by atoms with Crippen molar-refractivity contribution >= 4 is 52.0 Å². The highest BCUT2D eigenvalue weighted by atomic mass is 19.1. The number of hydrogen-bond acceptors (Lipinski definition) is 8. The number of carbonyl (C=O) groups excluding carboxylic acids is 4. The molecule has 252 valence electrons. The maximum absolute atomic E-state index is 16.8. The topological polar surface area (TPSA) is 131 Å². The summed E-state index contributed by atoms with van der Waals surface area (Å²) in [7, 11) is 0. The third kappa shape index (κ3) is 5.35. The Bertz CT molecular complexity index is 2080. The Hall–Kier alpha value is -5.39. The summed E-state index contributed by atoms with van der Waals surface area (Å²) < 4.78 is 28.0. The second-order valence-corrected chi connectivity index (χ2v) is 14.6. The van der Waals surface area contributed by atoms with Crippen molar-refractivity contribution in [2.45, 2.75) is 84.5 Å². The van der Waals surface area contributed by atoms with Crippen LogP contribution < -0.4 is 15.1 Å². The Morgan fingerprint density at radius 1 is 0.878 bits per heavy atom. The van der Waals surface area contributed by atoms with Gasteiger partial charge in [0.1, 0.15) is 17.0 Å². The number of aromatic nitrogens is 2. The van der Waals surface area contributed by atoms with Crippen molar-refractivity contribution in [1.29, 1.82) is 0 Å². The number of benzene rings is 2. The molecule has 2 aromatic heterocycles. The largest absolute Gasteiger partial charge is 0.444 e. The fourth-order valence-corrected chi connectivity index (χ4v) is 6.78. The van der Waals surface area contributed by atoms with Gasteiger partial charge in [0.25, 0.3) is 11.8 Å². The maximum atomic E-state index is 16.8. The zero-order valence-corrected chi connectivity index (χ0v) is 28.3. The molecule has 2 aliphatic heterocycles. The predicted octanol–water partition coefficient (Wildman–Crippen LogP) is 7.89. The monoisotopic (exact) mass is 665 g/mol. The molecule has 0 saturated heterocycles. The molecule has 1 saturated carbocycles. The summed E-state index contributed by atoms with van der Waals surface area (Å²) >= 11 is 0. The van der Waals surface area contributed by atoms with Gasteiger partial charge in [-0.1, -0.05) is 12.1 Å². The standard InChI is InChI=1S/C37H36FN5O6/c1-18-24(16-40-30-22-12-13-26(22)42(31(18)30)35(47)49-37(5,6)7)23-14-19-15-27(43-32(44)20-10-8-9-11-21(20)33(43)45)39-17-25(19)29(28(23)38)41-34(46)48-36(2,3)4/h8-11,14-17,22,26H,12-13H2,1-7H3,(H,41,46). The normalized spacial score (nSPS) is 18.2. The van der Waals surface area contributed by atoms with Crippen LogP contribution in [0, 0.1) is 12.7 Å². The van der Waals surface area contributed by atoms with E-state index in [1.54, 1.807) is 89.9 Å². The van der Waals surface area contributed by atoms with E-state index in [1.807, 2.05) is 0 Å². The molecule has 2 aromatic carbocycles. The fraction of sp³-hybridized carbons (Fsp3) is 0.351. The van der Waals surface area contributed by atoms with Crippen LogP contribution in [0.5, 0.6) is 0 Å². The smallest absolute Gasteiger partial charge is 0.415 e. The molecule has 1 N–H and O–H groups in total. The molecule has 7 rings (SSSR count). The second kappa shape index (κ2) is 11.1. The number of halogens is 1. The van der Waals surface area contributed by atoms with Gasteiger partial charge < -0.3 is 9.47 Å². The predicted molar refractivity (Wildman–Crippen MR) is 182 cm³/mol. The van der Waals surface area contributed by atoms with Crippen molar-refractivity contribution in [3.8, 4) is 11.1 Å². The van der Waals surface area contributed by atoms with Gasteiger partial charge in [-0.05, 0) is 96.5 Å².